The number of allylic oxidation sites excluding steroid dienone is 26. The van der Waals surface area contributed by atoms with Crippen LogP contribution in [0.15, 0.2) is 158 Å². The van der Waals surface area contributed by atoms with Gasteiger partial charge in [-0.1, -0.05) is 269 Å². The van der Waals surface area contributed by atoms with Crippen molar-refractivity contribution in [2.45, 2.75) is 284 Å². The fourth-order valence-corrected chi connectivity index (χ4v) is 8.62. The zero-order valence-electron chi connectivity index (χ0n) is 52.2. The average Bonchev–Trinajstić information content (AvgIpc) is 3.46. The average molecular weight is 1120 g/mol. The quantitative estimate of drug-likeness (QED) is 0.0261. The second-order valence-electron chi connectivity index (χ2n) is 21.3. The van der Waals surface area contributed by atoms with E-state index >= 15 is 0 Å². The highest BCUT2D eigenvalue weighted by atomic mass is 16.6. The van der Waals surface area contributed by atoms with Crippen molar-refractivity contribution >= 4 is 17.9 Å². The Morgan fingerprint density at radius 1 is 0.259 bits per heavy atom. The highest BCUT2D eigenvalue weighted by Crippen LogP contribution is 2.14. The van der Waals surface area contributed by atoms with Crippen LogP contribution in [0.2, 0.25) is 0 Å². The van der Waals surface area contributed by atoms with Crippen molar-refractivity contribution in [1.82, 2.24) is 0 Å². The van der Waals surface area contributed by atoms with E-state index in [1.807, 2.05) is 0 Å². The van der Waals surface area contributed by atoms with E-state index in [-0.39, 0.29) is 37.5 Å². The smallest absolute Gasteiger partial charge is 0.306 e. The molecule has 6 nitrogen and oxygen atoms in total. The molecule has 0 rings (SSSR count). The van der Waals surface area contributed by atoms with Gasteiger partial charge in [0.05, 0.1) is 0 Å². The summed E-state index contributed by atoms with van der Waals surface area (Å²) in [5, 5.41) is 0. The predicted molar refractivity (Wildman–Crippen MR) is 352 cm³/mol. The molecule has 1 unspecified atom stereocenters. The molecule has 0 heterocycles. The predicted octanol–water partition coefficient (Wildman–Crippen LogP) is 22.9. The number of carbonyl (C=O) groups excluding carboxylic acids is 3. The van der Waals surface area contributed by atoms with Crippen LogP contribution in [0.5, 0.6) is 0 Å². The van der Waals surface area contributed by atoms with Gasteiger partial charge in [-0.25, -0.2) is 0 Å². The van der Waals surface area contributed by atoms with E-state index in [1.54, 1.807) is 0 Å². The number of ether oxygens (including phenoxy) is 3. The summed E-state index contributed by atoms with van der Waals surface area (Å²) in [4.78, 5) is 38.4. The van der Waals surface area contributed by atoms with E-state index in [0.29, 0.717) is 12.8 Å². The van der Waals surface area contributed by atoms with E-state index in [0.717, 1.165) is 167 Å². The minimum absolute atomic E-state index is 0.101. The maximum absolute atomic E-state index is 12.9. The molecule has 0 aliphatic carbocycles. The third-order valence-corrected chi connectivity index (χ3v) is 13.5. The monoisotopic (exact) mass is 1120 g/mol. The minimum atomic E-state index is -0.808. The second kappa shape index (κ2) is 67.5. The summed E-state index contributed by atoms with van der Waals surface area (Å²) in [6.07, 6.45) is 98.2. The summed E-state index contributed by atoms with van der Waals surface area (Å²) < 4.78 is 16.9. The molecule has 0 aromatic heterocycles. The fraction of sp³-hybridized carbons (Fsp3) is 0.613. The minimum Gasteiger partial charge on any atom is -0.462 e. The van der Waals surface area contributed by atoms with Crippen LogP contribution in [0, 0.1) is 0 Å². The zero-order valence-corrected chi connectivity index (χ0v) is 52.2. The van der Waals surface area contributed by atoms with Gasteiger partial charge in [0.15, 0.2) is 6.10 Å². The lowest BCUT2D eigenvalue weighted by atomic mass is 10.1. The number of esters is 3. The number of hydrogen-bond donors (Lipinski definition) is 0. The number of unbranched alkanes of at least 4 members (excludes halogenated alkanes) is 21. The third kappa shape index (κ3) is 65.7. The molecular weight excluding hydrogens is 997 g/mol. The third-order valence-electron chi connectivity index (χ3n) is 13.5. The molecule has 1 atom stereocenters. The molecule has 0 saturated carbocycles. The van der Waals surface area contributed by atoms with Gasteiger partial charge in [-0.3, -0.25) is 14.4 Å². The van der Waals surface area contributed by atoms with Gasteiger partial charge in [0.1, 0.15) is 13.2 Å². The lowest BCUT2D eigenvalue weighted by molar-refractivity contribution is -0.167. The van der Waals surface area contributed by atoms with Crippen molar-refractivity contribution in [3.63, 3.8) is 0 Å². The second-order valence-corrected chi connectivity index (χ2v) is 21.3. The van der Waals surface area contributed by atoms with Gasteiger partial charge < -0.3 is 14.2 Å². The van der Waals surface area contributed by atoms with E-state index in [9.17, 15) is 14.4 Å². The Bertz CT molecular complexity index is 1810. The number of hydrogen-bond acceptors (Lipinski definition) is 6. The highest BCUT2D eigenvalue weighted by molar-refractivity contribution is 5.71. The molecule has 0 N–H and O–H groups in total. The first-order valence-corrected chi connectivity index (χ1v) is 33.0. The Hall–Kier alpha value is -4.97. The molecular formula is C75H120O6. The molecule has 0 spiro atoms. The number of carbonyl (C=O) groups is 3. The van der Waals surface area contributed by atoms with Crippen molar-refractivity contribution in [1.29, 1.82) is 0 Å². The van der Waals surface area contributed by atoms with Gasteiger partial charge in [-0.15, -0.1) is 0 Å². The summed E-state index contributed by atoms with van der Waals surface area (Å²) >= 11 is 0. The normalized spacial score (nSPS) is 13.2. The Kier molecular flexibility index (Phi) is 63.4. The first-order chi connectivity index (χ1) is 40.0. The van der Waals surface area contributed by atoms with Gasteiger partial charge in [0.2, 0.25) is 0 Å². The Labute approximate surface area is 499 Å². The molecule has 0 radical (unpaired) electrons. The van der Waals surface area contributed by atoms with Gasteiger partial charge in [0.25, 0.3) is 0 Å². The van der Waals surface area contributed by atoms with Crippen LogP contribution >= 0.6 is 0 Å². The first kappa shape index (κ1) is 76.0. The largest absolute Gasteiger partial charge is 0.462 e. The van der Waals surface area contributed by atoms with Crippen molar-refractivity contribution in [3.8, 4) is 0 Å². The standard InChI is InChI=1S/C75H120O6/c1-4-7-10-13-16-19-22-25-27-29-31-33-35-36-37-38-40-41-43-45-47-50-53-56-59-62-65-68-74(77)80-71-72(70-79-73(76)67-64-61-58-55-52-49-24-21-18-15-12-9-6-3)81-75(78)69-66-63-60-57-54-51-48-46-44-42-39-34-32-30-28-26-23-20-17-14-11-8-5-2/h7-8,10-11,16-17,19-21,24-28,31-34,36-37,40-42,44,48,51,72H,4-6,9,12-15,18,22-23,29-30,35,38-39,43,45-47,49-50,52-71H2,1-3H3/b10-7-,11-8-,19-16-,20-17-,24-21-,27-25-,28-26-,33-31-,34-32-,37-36-,41-40-,44-42-,51-48-. The summed E-state index contributed by atoms with van der Waals surface area (Å²) in [6, 6.07) is 0. The Balaban J connectivity index is 4.43. The molecule has 0 aromatic carbocycles. The van der Waals surface area contributed by atoms with Gasteiger partial charge in [-0.05, 0) is 148 Å². The van der Waals surface area contributed by atoms with Crippen molar-refractivity contribution in [2.24, 2.45) is 0 Å². The molecule has 0 bridgehead atoms. The molecule has 81 heavy (non-hydrogen) atoms. The SMILES string of the molecule is CC/C=C\C/C=C\C/C=C\C/C=C\C/C=C\C/C=C\CCCCCCCCCCC(=O)OCC(COC(=O)CCCCCCC/C=C\CCCCCC)OC(=O)CCCCCC/C=C\C/C=C\C/C=C\C/C=C\C/C=C\C/C=C\CC. The molecule has 0 aromatic rings. The Morgan fingerprint density at radius 3 is 0.765 bits per heavy atom. The molecule has 0 saturated heterocycles. The van der Waals surface area contributed by atoms with Crippen LogP contribution in [0.3, 0.4) is 0 Å². The molecule has 0 aliphatic heterocycles. The first-order valence-electron chi connectivity index (χ1n) is 33.0. The van der Waals surface area contributed by atoms with Crippen LogP contribution in [0.25, 0.3) is 0 Å². The lowest BCUT2D eigenvalue weighted by Crippen LogP contribution is -2.30. The fourth-order valence-electron chi connectivity index (χ4n) is 8.62. The summed E-state index contributed by atoms with van der Waals surface area (Å²) in [5.74, 6) is -0.944. The van der Waals surface area contributed by atoms with Crippen LogP contribution < -0.4 is 0 Å². The van der Waals surface area contributed by atoms with E-state index in [4.69, 9.17) is 14.2 Å². The summed E-state index contributed by atoms with van der Waals surface area (Å²) in [6.45, 7) is 6.36. The van der Waals surface area contributed by atoms with Crippen LogP contribution in [0.4, 0.5) is 0 Å². The van der Waals surface area contributed by atoms with E-state index in [1.165, 1.54) is 70.6 Å². The molecule has 6 heteroatoms. The molecule has 456 valence electrons. The maximum Gasteiger partial charge on any atom is 0.306 e. The van der Waals surface area contributed by atoms with Gasteiger partial charge in [-0.2, -0.15) is 0 Å². The van der Waals surface area contributed by atoms with Gasteiger partial charge >= 0.3 is 17.9 Å². The highest BCUT2D eigenvalue weighted by Gasteiger charge is 2.19. The van der Waals surface area contributed by atoms with Crippen molar-refractivity contribution in [3.05, 3.63) is 158 Å². The van der Waals surface area contributed by atoms with E-state index in [2.05, 4.69) is 179 Å². The van der Waals surface area contributed by atoms with Gasteiger partial charge in [0, 0.05) is 19.3 Å². The van der Waals surface area contributed by atoms with Crippen LogP contribution in [-0.4, -0.2) is 37.2 Å². The van der Waals surface area contributed by atoms with E-state index < -0.39 is 6.10 Å². The zero-order chi connectivity index (χ0) is 58.5. The molecule has 0 aliphatic rings. The summed E-state index contributed by atoms with van der Waals surface area (Å²) in [7, 11) is 0. The maximum atomic E-state index is 12.9. The lowest BCUT2D eigenvalue weighted by Gasteiger charge is -2.18. The van der Waals surface area contributed by atoms with Crippen molar-refractivity contribution in [2.75, 3.05) is 13.2 Å². The topological polar surface area (TPSA) is 78.9 Å². The molecule has 0 fully saturated rings. The number of rotatable bonds is 58. The van der Waals surface area contributed by atoms with Crippen LogP contribution in [0.1, 0.15) is 278 Å². The molecule has 0 amide bonds. The Morgan fingerprint density at radius 2 is 0.481 bits per heavy atom. The van der Waals surface area contributed by atoms with Crippen molar-refractivity contribution < 1.29 is 28.6 Å². The summed E-state index contributed by atoms with van der Waals surface area (Å²) in [5.41, 5.74) is 0. The van der Waals surface area contributed by atoms with Crippen LogP contribution in [-0.2, 0) is 28.6 Å².